The molecule has 1 heterocycles. The van der Waals surface area contributed by atoms with Crippen molar-refractivity contribution in [2.24, 2.45) is 0 Å². The molecule has 2 aromatic rings. The first-order chi connectivity index (χ1) is 7.70. The first-order valence-electron chi connectivity index (χ1n) is 4.89. The van der Waals surface area contributed by atoms with Crippen LogP contribution in [0.4, 0.5) is 5.69 Å². The second-order valence-corrected chi connectivity index (χ2v) is 3.54. The third-order valence-electron chi connectivity index (χ3n) is 2.30. The van der Waals surface area contributed by atoms with Gasteiger partial charge in [-0.05, 0) is 12.1 Å². The predicted molar refractivity (Wildman–Crippen MR) is 59.3 cm³/mol. The van der Waals surface area contributed by atoms with Gasteiger partial charge in [-0.2, -0.15) is 5.10 Å². The molecule has 5 N–H and O–H groups in total. The molecule has 1 aromatic carbocycles. The summed E-state index contributed by atoms with van der Waals surface area (Å²) in [7, 11) is 0. The number of aliphatic hydroxyl groups is 2. The molecule has 1 unspecified atom stereocenters. The third kappa shape index (κ3) is 2.07. The van der Waals surface area contributed by atoms with E-state index in [2.05, 4.69) is 15.5 Å². The van der Waals surface area contributed by atoms with E-state index < -0.39 is 6.10 Å². The van der Waals surface area contributed by atoms with E-state index >= 15 is 0 Å². The summed E-state index contributed by atoms with van der Waals surface area (Å²) >= 11 is 0. The van der Waals surface area contributed by atoms with E-state index in [0.717, 1.165) is 10.9 Å². The van der Waals surface area contributed by atoms with Gasteiger partial charge in [-0.25, -0.2) is 0 Å². The van der Waals surface area contributed by atoms with Gasteiger partial charge in [-0.1, -0.05) is 0 Å². The molecule has 0 bridgehead atoms. The molecule has 0 saturated carbocycles. The maximum absolute atomic E-state index is 9.66. The molecule has 2 rings (SSSR count). The number of phenols is 1. The van der Waals surface area contributed by atoms with E-state index in [1.165, 1.54) is 0 Å². The van der Waals surface area contributed by atoms with Crippen LogP contribution in [-0.4, -0.2) is 44.8 Å². The number of H-pyrrole nitrogens is 1. The largest absolute Gasteiger partial charge is 0.506 e. The summed E-state index contributed by atoms with van der Waals surface area (Å²) < 4.78 is 0. The molecule has 6 heteroatoms. The Hall–Kier alpha value is -1.79. The first kappa shape index (κ1) is 10.7. The summed E-state index contributed by atoms with van der Waals surface area (Å²) in [5.74, 6) is 0.0824. The Morgan fingerprint density at radius 2 is 2.25 bits per heavy atom. The number of fused-ring (bicyclic) bond motifs is 1. The van der Waals surface area contributed by atoms with Crippen molar-refractivity contribution in [3.8, 4) is 5.75 Å². The fraction of sp³-hybridized carbons (Fsp3) is 0.300. The van der Waals surface area contributed by atoms with Crippen LogP contribution in [0.25, 0.3) is 10.9 Å². The van der Waals surface area contributed by atoms with E-state index in [9.17, 15) is 5.11 Å². The van der Waals surface area contributed by atoms with Gasteiger partial charge in [0.2, 0.25) is 0 Å². The zero-order valence-corrected chi connectivity index (χ0v) is 8.51. The summed E-state index contributed by atoms with van der Waals surface area (Å²) in [5, 5.41) is 37.8. The monoisotopic (exact) mass is 223 g/mol. The Balaban J connectivity index is 2.19. The van der Waals surface area contributed by atoms with Crippen LogP contribution in [0, 0.1) is 0 Å². The number of aromatic nitrogens is 2. The quantitative estimate of drug-likeness (QED) is 0.471. The van der Waals surface area contributed by atoms with Crippen LogP contribution in [0.15, 0.2) is 18.3 Å². The van der Waals surface area contributed by atoms with Crippen LogP contribution < -0.4 is 5.32 Å². The molecule has 0 aliphatic rings. The highest BCUT2D eigenvalue weighted by Gasteiger charge is 2.07. The van der Waals surface area contributed by atoms with Crippen molar-refractivity contribution in [3.05, 3.63) is 18.3 Å². The zero-order chi connectivity index (χ0) is 11.5. The maximum Gasteiger partial charge on any atom is 0.139 e. The van der Waals surface area contributed by atoms with E-state index in [4.69, 9.17) is 10.2 Å². The Morgan fingerprint density at radius 3 is 3.00 bits per heavy atom. The van der Waals surface area contributed by atoms with Crippen molar-refractivity contribution < 1.29 is 15.3 Å². The molecule has 1 aromatic heterocycles. The normalized spacial score (nSPS) is 12.9. The number of aromatic amines is 1. The highest BCUT2D eigenvalue weighted by atomic mass is 16.3. The van der Waals surface area contributed by atoms with Crippen molar-refractivity contribution >= 4 is 16.6 Å². The molecule has 86 valence electrons. The third-order valence-corrected chi connectivity index (χ3v) is 2.30. The number of nitrogens with zero attached hydrogens (tertiary/aromatic N) is 1. The molecular formula is C10H13N3O3. The number of hydrogen-bond acceptors (Lipinski definition) is 5. The molecule has 6 nitrogen and oxygen atoms in total. The molecule has 0 aliphatic heterocycles. The lowest BCUT2D eigenvalue weighted by Crippen LogP contribution is -2.22. The molecule has 16 heavy (non-hydrogen) atoms. The van der Waals surface area contributed by atoms with Gasteiger partial charge in [-0.3, -0.25) is 5.10 Å². The van der Waals surface area contributed by atoms with Crippen molar-refractivity contribution in [1.82, 2.24) is 10.2 Å². The van der Waals surface area contributed by atoms with Gasteiger partial charge in [0.05, 0.1) is 30.1 Å². The number of hydrogen-bond donors (Lipinski definition) is 5. The molecule has 0 aliphatic carbocycles. The number of anilines is 1. The second kappa shape index (κ2) is 4.38. The standard InChI is InChI=1S/C10H13N3O3/c14-5-7(15)4-11-9-2-8-6(1-10(9)16)3-12-13-8/h1-3,7,11,14-16H,4-5H2,(H,12,13). The maximum atomic E-state index is 9.66. The van der Waals surface area contributed by atoms with E-state index in [-0.39, 0.29) is 18.9 Å². The zero-order valence-electron chi connectivity index (χ0n) is 8.51. The fourth-order valence-corrected chi connectivity index (χ4v) is 1.41. The van der Waals surface area contributed by atoms with Crippen LogP contribution in [0.3, 0.4) is 0 Å². The fourth-order valence-electron chi connectivity index (χ4n) is 1.41. The minimum absolute atomic E-state index is 0.0824. The van der Waals surface area contributed by atoms with Gasteiger partial charge in [0, 0.05) is 11.9 Å². The predicted octanol–water partition coefficient (Wildman–Crippen LogP) is 0.0336. The minimum Gasteiger partial charge on any atom is -0.506 e. The summed E-state index contributed by atoms with van der Waals surface area (Å²) in [4.78, 5) is 0. The van der Waals surface area contributed by atoms with Gasteiger partial charge in [0.25, 0.3) is 0 Å². The molecule has 0 spiro atoms. The highest BCUT2D eigenvalue weighted by Crippen LogP contribution is 2.27. The van der Waals surface area contributed by atoms with Crippen LogP contribution in [0.1, 0.15) is 0 Å². The number of phenolic OH excluding ortho intramolecular Hbond substituents is 1. The Bertz CT molecular complexity index is 483. The highest BCUT2D eigenvalue weighted by molar-refractivity contribution is 5.85. The van der Waals surface area contributed by atoms with Crippen LogP contribution in [-0.2, 0) is 0 Å². The summed E-state index contributed by atoms with van der Waals surface area (Å²) in [6.07, 6.45) is 0.762. The number of benzene rings is 1. The Kier molecular flexibility index (Phi) is 2.93. The van der Waals surface area contributed by atoms with Gasteiger partial charge in [0.1, 0.15) is 5.75 Å². The topological polar surface area (TPSA) is 101 Å². The minimum atomic E-state index is -0.850. The second-order valence-electron chi connectivity index (χ2n) is 3.54. The van der Waals surface area contributed by atoms with Gasteiger partial charge in [-0.15, -0.1) is 0 Å². The smallest absolute Gasteiger partial charge is 0.139 e. The van der Waals surface area contributed by atoms with Crippen molar-refractivity contribution in [2.75, 3.05) is 18.5 Å². The lowest BCUT2D eigenvalue weighted by molar-refractivity contribution is 0.105. The number of rotatable bonds is 4. The summed E-state index contributed by atoms with van der Waals surface area (Å²) in [6.45, 7) is -0.149. The molecule has 0 radical (unpaired) electrons. The number of aromatic hydroxyl groups is 1. The van der Waals surface area contributed by atoms with Crippen molar-refractivity contribution in [2.45, 2.75) is 6.10 Å². The van der Waals surface area contributed by atoms with Crippen LogP contribution >= 0.6 is 0 Å². The molecular weight excluding hydrogens is 210 g/mol. The summed E-state index contributed by atoms with van der Waals surface area (Å²) in [6, 6.07) is 3.27. The van der Waals surface area contributed by atoms with Crippen molar-refractivity contribution in [1.29, 1.82) is 0 Å². The van der Waals surface area contributed by atoms with E-state index in [1.807, 2.05) is 0 Å². The van der Waals surface area contributed by atoms with Crippen molar-refractivity contribution in [3.63, 3.8) is 0 Å². The van der Waals surface area contributed by atoms with E-state index in [0.29, 0.717) is 5.69 Å². The lowest BCUT2D eigenvalue weighted by Gasteiger charge is -2.11. The average Bonchev–Trinajstić information content (AvgIpc) is 2.72. The van der Waals surface area contributed by atoms with Crippen LogP contribution in [0.5, 0.6) is 5.75 Å². The number of aliphatic hydroxyl groups excluding tert-OH is 2. The van der Waals surface area contributed by atoms with Gasteiger partial charge < -0.3 is 20.6 Å². The molecule has 0 fully saturated rings. The number of nitrogens with one attached hydrogen (secondary N) is 2. The average molecular weight is 223 g/mol. The summed E-state index contributed by atoms with van der Waals surface area (Å²) in [5.41, 5.74) is 1.28. The molecule has 0 amide bonds. The Morgan fingerprint density at radius 1 is 1.44 bits per heavy atom. The lowest BCUT2D eigenvalue weighted by atomic mass is 10.2. The molecule has 0 saturated heterocycles. The first-order valence-corrected chi connectivity index (χ1v) is 4.89. The molecule has 1 atom stereocenters. The Labute approximate surface area is 91.5 Å². The van der Waals surface area contributed by atoms with Gasteiger partial charge >= 0.3 is 0 Å². The van der Waals surface area contributed by atoms with Gasteiger partial charge in [0.15, 0.2) is 0 Å². The van der Waals surface area contributed by atoms with Crippen LogP contribution in [0.2, 0.25) is 0 Å². The SMILES string of the molecule is OCC(O)CNc1cc2[nH]ncc2cc1O. The van der Waals surface area contributed by atoms with E-state index in [1.54, 1.807) is 18.3 Å².